The third-order valence-corrected chi connectivity index (χ3v) is 4.79. The fourth-order valence-electron chi connectivity index (χ4n) is 2.36. The van der Waals surface area contributed by atoms with Crippen molar-refractivity contribution in [1.82, 2.24) is 4.90 Å². The van der Waals surface area contributed by atoms with Gasteiger partial charge in [0.2, 0.25) is 0 Å². The number of nitrogens with two attached hydrogens (primary N) is 1. The first kappa shape index (κ1) is 9.81. The minimum absolute atomic E-state index is 0.448. The summed E-state index contributed by atoms with van der Waals surface area (Å²) in [5, 5.41) is 0.907. The summed E-state index contributed by atoms with van der Waals surface area (Å²) in [6.07, 6.45) is 7.64. The smallest absolute Gasteiger partial charge is 0.0333 e. The molecule has 1 heterocycles. The number of hydrogen-bond donors (Lipinski definition) is 1. The molecule has 2 aliphatic rings. The predicted molar refractivity (Wildman–Crippen MR) is 59.1 cm³/mol. The molecule has 1 aliphatic carbocycles. The lowest BCUT2D eigenvalue weighted by molar-refractivity contribution is 0.153. The van der Waals surface area contributed by atoms with Gasteiger partial charge in [-0.3, -0.25) is 4.90 Å². The van der Waals surface area contributed by atoms with Crippen LogP contribution in [0.3, 0.4) is 0 Å². The molecule has 2 fully saturated rings. The molecule has 0 unspecified atom stereocenters. The minimum atomic E-state index is 0.448. The average molecular weight is 200 g/mol. The van der Waals surface area contributed by atoms with E-state index in [4.69, 9.17) is 5.73 Å². The Bertz CT molecular complexity index is 172. The molecule has 0 aromatic carbocycles. The van der Waals surface area contributed by atoms with Gasteiger partial charge >= 0.3 is 0 Å². The average Bonchev–Trinajstić information content (AvgIpc) is 2.99. The first-order valence-corrected chi connectivity index (χ1v) is 6.57. The highest BCUT2D eigenvalue weighted by atomic mass is 32.2. The molecule has 0 aromatic rings. The van der Waals surface area contributed by atoms with Gasteiger partial charge in [-0.2, -0.15) is 11.8 Å². The van der Waals surface area contributed by atoms with Crippen molar-refractivity contribution in [1.29, 1.82) is 0 Å². The summed E-state index contributed by atoms with van der Waals surface area (Å²) in [6, 6.07) is 0. The summed E-state index contributed by atoms with van der Waals surface area (Å²) >= 11 is 2.03. The number of thioether (sulfide) groups is 1. The topological polar surface area (TPSA) is 29.3 Å². The van der Waals surface area contributed by atoms with Crippen molar-refractivity contribution in [2.75, 3.05) is 25.9 Å². The van der Waals surface area contributed by atoms with Crippen molar-refractivity contribution in [2.24, 2.45) is 5.73 Å². The monoisotopic (exact) mass is 200 g/mol. The van der Waals surface area contributed by atoms with Crippen LogP contribution in [0.25, 0.3) is 0 Å². The van der Waals surface area contributed by atoms with Crippen LogP contribution in [0.15, 0.2) is 0 Å². The first-order valence-electron chi connectivity index (χ1n) is 5.29. The molecule has 1 saturated carbocycles. The zero-order valence-corrected chi connectivity index (χ0v) is 9.28. The van der Waals surface area contributed by atoms with E-state index in [1.54, 1.807) is 0 Å². The van der Waals surface area contributed by atoms with Crippen LogP contribution in [0.5, 0.6) is 0 Å². The van der Waals surface area contributed by atoms with E-state index in [9.17, 15) is 0 Å². The second-order valence-corrected chi connectivity index (χ2v) is 5.49. The van der Waals surface area contributed by atoms with Crippen LogP contribution < -0.4 is 5.73 Å². The van der Waals surface area contributed by atoms with Crippen molar-refractivity contribution in [3.63, 3.8) is 0 Å². The SMILES string of the molecule is CSC1CCN(C2(CN)CC2)CC1. The number of piperidine rings is 1. The van der Waals surface area contributed by atoms with Gasteiger partial charge in [0.1, 0.15) is 0 Å². The molecule has 3 heteroatoms. The maximum atomic E-state index is 5.82. The van der Waals surface area contributed by atoms with E-state index in [-0.39, 0.29) is 0 Å². The Kier molecular flexibility index (Phi) is 2.86. The standard InChI is InChI=1S/C10H20N2S/c1-13-9-2-6-12(7-3-9)10(8-11)4-5-10/h9H,2-8,11H2,1H3. The molecule has 0 bridgehead atoms. The summed E-state index contributed by atoms with van der Waals surface area (Å²) < 4.78 is 0. The van der Waals surface area contributed by atoms with Gasteiger partial charge in [-0.05, 0) is 45.0 Å². The van der Waals surface area contributed by atoms with Crippen LogP contribution in [0.2, 0.25) is 0 Å². The Labute approximate surface area is 85.2 Å². The molecule has 0 radical (unpaired) electrons. The van der Waals surface area contributed by atoms with Gasteiger partial charge in [-0.1, -0.05) is 0 Å². The van der Waals surface area contributed by atoms with Gasteiger partial charge in [0.25, 0.3) is 0 Å². The lowest BCUT2D eigenvalue weighted by Crippen LogP contribution is -2.47. The first-order chi connectivity index (χ1) is 6.30. The van der Waals surface area contributed by atoms with Crippen LogP contribution in [0, 0.1) is 0 Å². The third-order valence-electron chi connectivity index (χ3n) is 3.65. The van der Waals surface area contributed by atoms with Gasteiger partial charge in [0.15, 0.2) is 0 Å². The molecule has 2 rings (SSSR count). The zero-order chi connectivity index (χ0) is 9.31. The van der Waals surface area contributed by atoms with Crippen LogP contribution >= 0.6 is 11.8 Å². The van der Waals surface area contributed by atoms with Gasteiger partial charge in [-0.15, -0.1) is 0 Å². The summed E-state index contributed by atoms with van der Waals surface area (Å²) in [6.45, 7) is 3.43. The van der Waals surface area contributed by atoms with Gasteiger partial charge < -0.3 is 5.73 Å². The second-order valence-electron chi connectivity index (χ2n) is 4.35. The molecule has 1 aliphatic heterocycles. The molecule has 0 atom stereocenters. The van der Waals surface area contributed by atoms with Crippen molar-refractivity contribution in [3.8, 4) is 0 Å². The zero-order valence-electron chi connectivity index (χ0n) is 8.46. The molecule has 0 spiro atoms. The summed E-state index contributed by atoms with van der Waals surface area (Å²) in [5.41, 5.74) is 6.27. The fourth-order valence-corrected chi connectivity index (χ4v) is 3.04. The molecule has 2 N–H and O–H groups in total. The number of nitrogens with zero attached hydrogens (tertiary/aromatic N) is 1. The lowest BCUT2D eigenvalue weighted by atomic mass is 10.1. The van der Waals surface area contributed by atoms with Crippen molar-refractivity contribution in [2.45, 2.75) is 36.5 Å². The molecule has 1 saturated heterocycles. The highest BCUT2D eigenvalue weighted by Gasteiger charge is 2.47. The van der Waals surface area contributed by atoms with Crippen LogP contribution in [0.1, 0.15) is 25.7 Å². The maximum Gasteiger partial charge on any atom is 0.0333 e. The molecular weight excluding hydrogens is 180 g/mol. The Hall–Kier alpha value is 0.270. The van der Waals surface area contributed by atoms with Crippen LogP contribution in [0.4, 0.5) is 0 Å². The number of rotatable bonds is 3. The fraction of sp³-hybridized carbons (Fsp3) is 1.00. The third kappa shape index (κ3) is 1.88. The van der Waals surface area contributed by atoms with E-state index in [1.165, 1.54) is 38.8 Å². The van der Waals surface area contributed by atoms with E-state index in [2.05, 4.69) is 11.2 Å². The Morgan fingerprint density at radius 1 is 1.38 bits per heavy atom. The molecule has 76 valence electrons. The van der Waals surface area contributed by atoms with Gasteiger partial charge in [0, 0.05) is 17.3 Å². The predicted octanol–water partition coefficient (Wildman–Crippen LogP) is 1.31. The van der Waals surface area contributed by atoms with Gasteiger partial charge in [0.05, 0.1) is 0 Å². The maximum absolute atomic E-state index is 5.82. The highest BCUT2D eigenvalue weighted by Crippen LogP contribution is 2.42. The van der Waals surface area contributed by atoms with E-state index >= 15 is 0 Å². The normalized spacial score (nSPS) is 29.1. The summed E-state index contributed by atoms with van der Waals surface area (Å²) in [4.78, 5) is 2.64. The van der Waals surface area contributed by atoms with E-state index in [0.717, 1.165) is 11.8 Å². The minimum Gasteiger partial charge on any atom is -0.329 e. The second kappa shape index (κ2) is 3.79. The van der Waals surface area contributed by atoms with Crippen LogP contribution in [-0.4, -0.2) is 41.6 Å². The van der Waals surface area contributed by atoms with Crippen molar-refractivity contribution < 1.29 is 0 Å². The molecular formula is C10H20N2S. The summed E-state index contributed by atoms with van der Waals surface area (Å²) in [7, 11) is 0. The Morgan fingerprint density at radius 2 is 2.00 bits per heavy atom. The quantitative estimate of drug-likeness (QED) is 0.745. The lowest BCUT2D eigenvalue weighted by Gasteiger charge is -2.37. The van der Waals surface area contributed by atoms with Crippen molar-refractivity contribution in [3.05, 3.63) is 0 Å². The van der Waals surface area contributed by atoms with Crippen LogP contribution in [-0.2, 0) is 0 Å². The number of likely N-dealkylation sites (tertiary alicyclic amines) is 1. The van der Waals surface area contributed by atoms with Crippen molar-refractivity contribution >= 4 is 11.8 Å². The van der Waals surface area contributed by atoms with E-state index < -0.39 is 0 Å². The molecule has 0 amide bonds. The Morgan fingerprint density at radius 3 is 2.38 bits per heavy atom. The van der Waals surface area contributed by atoms with E-state index in [0.29, 0.717) is 5.54 Å². The molecule has 13 heavy (non-hydrogen) atoms. The Balaban J connectivity index is 1.84. The molecule has 2 nitrogen and oxygen atoms in total. The largest absolute Gasteiger partial charge is 0.329 e. The number of hydrogen-bond acceptors (Lipinski definition) is 3. The molecule has 0 aromatic heterocycles. The highest BCUT2D eigenvalue weighted by molar-refractivity contribution is 7.99. The van der Waals surface area contributed by atoms with E-state index in [1.807, 2.05) is 11.8 Å². The summed E-state index contributed by atoms with van der Waals surface area (Å²) in [5.74, 6) is 0. The van der Waals surface area contributed by atoms with Gasteiger partial charge in [-0.25, -0.2) is 0 Å².